The molecular formula is C25H32N2O5. The Morgan fingerprint density at radius 1 is 1.16 bits per heavy atom. The van der Waals surface area contributed by atoms with Crippen molar-refractivity contribution in [3.8, 4) is 5.75 Å². The predicted molar refractivity (Wildman–Crippen MR) is 117 cm³/mol. The first kappa shape index (κ1) is 20.9. The topological polar surface area (TPSA) is 64.8 Å². The average molecular weight is 441 g/mol. The van der Waals surface area contributed by atoms with Crippen LogP contribution in [0.3, 0.4) is 0 Å². The molecule has 0 amide bonds. The van der Waals surface area contributed by atoms with Gasteiger partial charge in [0.15, 0.2) is 6.10 Å². The van der Waals surface area contributed by atoms with Crippen LogP contribution in [0.2, 0.25) is 0 Å². The van der Waals surface area contributed by atoms with Gasteiger partial charge >= 0.3 is 0 Å². The van der Waals surface area contributed by atoms with E-state index >= 15 is 0 Å². The zero-order valence-corrected chi connectivity index (χ0v) is 17.6. The van der Waals surface area contributed by atoms with Crippen LogP contribution in [0.15, 0.2) is 12.1 Å². The SMILES string of the molecule is C.[C-]#[N+]c1ccc2c3c1OC1C4(CCC5(O)[C@@H](C2)N(CC2CCCO2)CC[C@]315)OCCO4. The highest BCUT2D eigenvalue weighted by molar-refractivity contribution is 5.70. The molecule has 5 atom stereocenters. The molecule has 1 aromatic rings. The van der Waals surface area contributed by atoms with Crippen molar-refractivity contribution in [3.63, 3.8) is 0 Å². The Morgan fingerprint density at radius 3 is 2.75 bits per heavy atom. The first-order chi connectivity index (χ1) is 15.1. The van der Waals surface area contributed by atoms with Gasteiger partial charge in [0.05, 0.1) is 36.9 Å². The van der Waals surface area contributed by atoms with Gasteiger partial charge in [-0.25, -0.2) is 4.85 Å². The number of hydrogen-bond donors (Lipinski definition) is 1. The summed E-state index contributed by atoms with van der Waals surface area (Å²) in [6.07, 6.45) is 4.81. The normalized spacial score (nSPS) is 40.4. The standard InChI is InChI=1S/C24H28N2O5.CH4/c1-25-17-5-4-15-13-18-23(27)6-7-24(29-11-12-30-24)21-22(23,19(15)20(17)31-21)8-9-26(18)14-16-3-2-10-28-16;/h4-5,16,18,21,27H,2-3,6-14H2;1H4/t16?,18-,21?,22+,23?;/m1./s1. The van der Waals surface area contributed by atoms with E-state index in [1.54, 1.807) is 0 Å². The predicted octanol–water partition coefficient (Wildman–Crippen LogP) is 2.95. The van der Waals surface area contributed by atoms with Crippen molar-refractivity contribution in [1.82, 2.24) is 4.90 Å². The van der Waals surface area contributed by atoms with Crippen LogP contribution in [-0.4, -0.2) is 72.6 Å². The van der Waals surface area contributed by atoms with Crippen LogP contribution in [-0.2, 0) is 26.0 Å². The van der Waals surface area contributed by atoms with Gasteiger partial charge in [-0.05, 0) is 49.8 Å². The molecule has 3 saturated heterocycles. The third-order valence-corrected chi connectivity index (χ3v) is 8.94. The van der Waals surface area contributed by atoms with Crippen LogP contribution in [0.1, 0.15) is 50.7 Å². The fourth-order valence-corrected chi connectivity index (χ4v) is 7.71. The van der Waals surface area contributed by atoms with Crippen LogP contribution < -0.4 is 4.74 Å². The highest BCUT2D eigenvalue weighted by Crippen LogP contribution is 2.68. The number of fused-ring (bicyclic) bond motifs is 1. The maximum Gasteiger partial charge on any atom is 0.228 e. The minimum Gasteiger partial charge on any atom is -0.494 e. The lowest BCUT2D eigenvalue weighted by Crippen LogP contribution is -2.79. The number of likely N-dealkylation sites (tertiary alicyclic amines) is 1. The van der Waals surface area contributed by atoms with Gasteiger partial charge in [-0.15, -0.1) is 0 Å². The van der Waals surface area contributed by atoms with Gasteiger partial charge in [-0.1, -0.05) is 19.6 Å². The molecule has 7 heteroatoms. The van der Waals surface area contributed by atoms with E-state index in [0.717, 1.165) is 50.9 Å². The Balaban J connectivity index is 0.00000196. The van der Waals surface area contributed by atoms with Gasteiger partial charge in [0, 0.05) is 25.6 Å². The van der Waals surface area contributed by atoms with E-state index in [9.17, 15) is 5.11 Å². The molecular weight excluding hydrogens is 408 g/mol. The summed E-state index contributed by atoms with van der Waals surface area (Å²) < 4.78 is 25.0. The third kappa shape index (κ3) is 2.32. The van der Waals surface area contributed by atoms with Crippen LogP contribution in [0.25, 0.3) is 4.85 Å². The van der Waals surface area contributed by atoms with Gasteiger partial charge in [-0.3, -0.25) is 4.90 Å². The molecule has 3 unspecified atom stereocenters. The van der Waals surface area contributed by atoms with E-state index in [-0.39, 0.29) is 19.6 Å². The summed E-state index contributed by atoms with van der Waals surface area (Å²) in [5.41, 5.74) is 1.25. The third-order valence-electron chi connectivity index (χ3n) is 8.94. The minimum atomic E-state index is -0.937. The molecule has 0 radical (unpaired) electrons. The number of benzene rings is 1. The molecule has 7 nitrogen and oxygen atoms in total. The Hall–Kier alpha value is -1.69. The van der Waals surface area contributed by atoms with Crippen molar-refractivity contribution in [1.29, 1.82) is 0 Å². The Labute approximate surface area is 189 Å². The molecule has 2 bridgehead atoms. The molecule has 1 saturated carbocycles. The van der Waals surface area contributed by atoms with Crippen LogP contribution >= 0.6 is 0 Å². The Bertz CT molecular complexity index is 979. The first-order valence-electron chi connectivity index (χ1n) is 11.7. The second kappa shape index (κ2) is 6.91. The van der Waals surface area contributed by atoms with Crippen molar-refractivity contribution in [2.24, 2.45) is 0 Å². The zero-order chi connectivity index (χ0) is 20.8. The van der Waals surface area contributed by atoms with Gasteiger partial charge < -0.3 is 24.1 Å². The smallest absolute Gasteiger partial charge is 0.228 e. The van der Waals surface area contributed by atoms with Crippen molar-refractivity contribution in [3.05, 3.63) is 34.7 Å². The molecule has 4 aliphatic heterocycles. The molecule has 4 fully saturated rings. The summed E-state index contributed by atoms with van der Waals surface area (Å²) >= 11 is 0. The summed E-state index contributed by atoms with van der Waals surface area (Å²) in [6, 6.07) is 3.97. The average Bonchev–Trinajstić information content (AvgIpc) is 3.51. The van der Waals surface area contributed by atoms with Gasteiger partial charge in [0.1, 0.15) is 5.75 Å². The number of aliphatic hydroxyl groups is 1. The summed E-state index contributed by atoms with van der Waals surface area (Å²) in [5, 5.41) is 12.5. The second-order valence-corrected chi connectivity index (χ2v) is 10.1. The highest BCUT2D eigenvalue weighted by atomic mass is 16.8. The largest absolute Gasteiger partial charge is 0.494 e. The number of nitrogens with zero attached hydrogens (tertiary/aromatic N) is 2. The summed E-state index contributed by atoms with van der Waals surface area (Å²) in [5.74, 6) is -0.178. The maximum atomic E-state index is 12.5. The molecule has 2 spiro atoms. The lowest BCUT2D eigenvalue weighted by molar-refractivity contribution is -0.297. The molecule has 172 valence electrons. The van der Waals surface area contributed by atoms with Crippen molar-refractivity contribution in [2.45, 2.75) is 81.0 Å². The molecule has 1 aromatic carbocycles. The lowest BCUT2D eigenvalue weighted by atomic mass is 9.48. The minimum absolute atomic E-state index is 0. The monoisotopic (exact) mass is 440 g/mol. The van der Waals surface area contributed by atoms with Crippen LogP contribution in [0.5, 0.6) is 5.75 Å². The van der Waals surface area contributed by atoms with Crippen molar-refractivity contribution < 1.29 is 24.1 Å². The van der Waals surface area contributed by atoms with E-state index in [4.69, 9.17) is 25.5 Å². The van der Waals surface area contributed by atoms with Crippen LogP contribution in [0.4, 0.5) is 5.69 Å². The van der Waals surface area contributed by atoms with E-state index in [2.05, 4.69) is 15.8 Å². The number of hydrogen-bond acceptors (Lipinski definition) is 6. The highest BCUT2D eigenvalue weighted by Gasteiger charge is 2.77. The second-order valence-electron chi connectivity index (χ2n) is 10.1. The van der Waals surface area contributed by atoms with Crippen molar-refractivity contribution in [2.75, 3.05) is 32.9 Å². The van der Waals surface area contributed by atoms with E-state index in [1.165, 1.54) is 5.56 Å². The number of piperidine rings is 1. The van der Waals surface area contributed by atoms with Crippen molar-refractivity contribution >= 4 is 5.69 Å². The summed E-state index contributed by atoms with van der Waals surface area (Å²) in [6.45, 7) is 11.4. The molecule has 4 heterocycles. The van der Waals surface area contributed by atoms with Gasteiger partial charge in [-0.2, -0.15) is 0 Å². The molecule has 32 heavy (non-hydrogen) atoms. The Kier molecular flexibility index (Phi) is 4.51. The lowest BCUT2D eigenvalue weighted by Gasteiger charge is -2.65. The molecule has 2 aliphatic carbocycles. The first-order valence-corrected chi connectivity index (χ1v) is 11.7. The molecule has 1 N–H and O–H groups in total. The van der Waals surface area contributed by atoms with E-state index in [0.29, 0.717) is 37.5 Å². The van der Waals surface area contributed by atoms with E-state index in [1.807, 2.05) is 6.07 Å². The number of rotatable bonds is 2. The van der Waals surface area contributed by atoms with Crippen LogP contribution in [0, 0.1) is 6.57 Å². The molecule has 6 aliphatic rings. The molecule has 7 rings (SSSR count). The fourth-order valence-electron chi connectivity index (χ4n) is 7.71. The quantitative estimate of drug-likeness (QED) is 0.714. The van der Waals surface area contributed by atoms with E-state index < -0.39 is 22.9 Å². The summed E-state index contributed by atoms with van der Waals surface area (Å²) in [4.78, 5) is 6.22. The Morgan fingerprint density at radius 2 is 2.00 bits per heavy atom. The summed E-state index contributed by atoms with van der Waals surface area (Å²) in [7, 11) is 0. The maximum absolute atomic E-state index is 12.5. The number of ether oxygens (including phenoxy) is 4. The molecule has 0 aromatic heterocycles. The van der Waals surface area contributed by atoms with Gasteiger partial charge in [0.2, 0.25) is 11.5 Å². The fraction of sp³-hybridized carbons (Fsp3) is 0.720. The van der Waals surface area contributed by atoms with Gasteiger partial charge in [0.25, 0.3) is 0 Å². The zero-order valence-electron chi connectivity index (χ0n) is 17.6.